The molecule has 0 unspecified atom stereocenters. The van der Waals surface area contributed by atoms with E-state index in [-0.39, 0.29) is 23.0 Å². The minimum Gasteiger partial charge on any atom is -0.490 e. The quantitative estimate of drug-likeness (QED) is 0.914. The van der Waals surface area contributed by atoms with E-state index >= 15 is 0 Å². The van der Waals surface area contributed by atoms with Crippen molar-refractivity contribution in [3.8, 4) is 11.8 Å². The third kappa shape index (κ3) is 2.52. The zero-order valence-electron chi connectivity index (χ0n) is 11.1. The molecule has 0 amide bonds. The summed E-state index contributed by atoms with van der Waals surface area (Å²) in [6.45, 7) is 0.365. The van der Waals surface area contributed by atoms with Gasteiger partial charge in [0.15, 0.2) is 11.6 Å². The van der Waals surface area contributed by atoms with Gasteiger partial charge in [-0.15, -0.1) is 0 Å². The van der Waals surface area contributed by atoms with Crippen molar-refractivity contribution in [2.45, 2.75) is 12.5 Å². The smallest absolute Gasteiger partial charge is 0.165 e. The lowest BCUT2D eigenvalue weighted by Crippen LogP contribution is -2.21. The van der Waals surface area contributed by atoms with Gasteiger partial charge in [-0.1, -0.05) is 12.1 Å². The van der Waals surface area contributed by atoms with E-state index in [1.165, 1.54) is 24.3 Å². The lowest BCUT2D eigenvalue weighted by Gasteiger charge is -2.27. The van der Waals surface area contributed by atoms with Crippen LogP contribution in [-0.4, -0.2) is 6.61 Å². The highest BCUT2D eigenvalue weighted by molar-refractivity contribution is 5.52. The minimum atomic E-state index is -0.501. The summed E-state index contributed by atoms with van der Waals surface area (Å²) in [5.41, 5.74) is 1.22. The zero-order chi connectivity index (χ0) is 14.8. The predicted octanol–water partition coefficient (Wildman–Crippen LogP) is 3.77. The second-order valence-corrected chi connectivity index (χ2v) is 4.80. The van der Waals surface area contributed by atoms with Gasteiger partial charge in [-0.25, -0.2) is 8.78 Å². The Bertz CT molecular complexity index is 725. The summed E-state index contributed by atoms with van der Waals surface area (Å²) in [5.74, 6) is -0.701. The van der Waals surface area contributed by atoms with Crippen LogP contribution in [0.1, 0.15) is 23.6 Å². The second-order valence-electron chi connectivity index (χ2n) is 4.80. The molecular formula is C16H12F2N2O. The van der Waals surface area contributed by atoms with Crippen LogP contribution in [0.2, 0.25) is 0 Å². The summed E-state index contributed by atoms with van der Waals surface area (Å²) in [7, 11) is 0. The van der Waals surface area contributed by atoms with Gasteiger partial charge < -0.3 is 10.1 Å². The molecule has 106 valence electrons. The summed E-state index contributed by atoms with van der Waals surface area (Å²) in [5, 5.41) is 11.8. The first-order valence-corrected chi connectivity index (χ1v) is 6.56. The molecule has 1 heterocycles. The van der Waals surface area contributed by atoms with Crippen LogP contribution < -0.4 is 10.1 Å². The molecule has 3 nitrogen and oxygen atoms in total. The van der Waals surface area contributed by atoms with Crippen LogP contribution in [0, 0.1) is 23.0 Å². The van der Waals surface area contributed by atoms with Gasteiger partial charge in [0.25, 0.3) is 0 Å². The molecule has 0 saturated carbocycles. The molecule has 1 atom stereocenters. The molecule has 1 aliphatic heterocycles. The van der Waals surface area contributed by atoms with Crippen LogP contribution in [0.3, 0.4) is 0 Å². The molecule has 0 bridgehead atoms. The molecule has 0 spiro atoms. The van der Waals surface area contributed by atoms with Gasteiger partial charge in [0, 0.05) is 12.0 Å². The maximum atomic E-state index is 13.9. The van der Waals surface area contributed by atoms with E-state index < -0.39 is 11.6 Å². The fourth-order valence-electron chi connectivity index (χ4n) is 2.43. The van der Waals surface area contributed by atoms with Crippen molar-refractivity contribution in [3.05, 3.63) is 59.2 Å². The summed E-state index contributed by atoms with van der Waals surface area (Å²) in [6.07, 6.45) is 0.607. The number of anilines is 1. The molecule has 5 heteroatoms. The Labute approximate surface area is 120 Å². The van der Waals surface area contributed by atoms with E-state index in [2.05, 4.69) is 5.32 Å². The van der Waals surface area contributed by atoms with Crippen LogP contribution >= 0.6 is 0 Å². The number of hydrogen-bond acceptors (Lipinski definition) is 3. The molecule has 3 rings (SSSR count). The van der Waals surface area contributed by atoms with Gasteiger partial charge in [0.1, 0.15) is 5.82 Å². The van der Waals surface area contributed by atoms with Crippen LogP contribution in [-0.2, 0) is 0 Å². The molecule has 1 N–H and O–H groups in total. The zero-order valence-corrected chi connectivity index (χ0v) is 11.1. The first kappa shape index (κ1) is 13.4. The molecule has 2 aromatic rings. The van der Waals surface area contributed by atoms with E-state index in [4.69, 9.17) is 10.00 Å². The Morgan fingerprint density at radius 1 is 1.19 bits per heavy atom. The molecule has 0 aromatic heterocycles. The van der Waals surface area contributed by atoms with E-state index in [1.807, 2.05) is 6.07 Å². The number of fused-ring (bicyclic) bond motifs is 1. The van der Waals surface area contributed by atoms with Crippen molar-refractivity contribution >= 4 is 5.69 Å². The average molecular weight is 286 g/mol. The molecule has 1 aliphatic rings. The van der Waals surface area contributed by atoms with Gasteiger partial charge in [-0.05, 0) is 24.3 Å². The number of halogens is 2. The largest absolute Gasteiger partial charge is 0.490 e. The van der Waals surface area contributed by atoms with Crippen molar-refractivity contribution in [3.63, 3.8) is 0 Å². The highest BCUT2D eigenvalue weighted by atomic mass is 19.1. The normalized spacial score (nSPS) is 16.5. The Kier molecular flexibility index (Phi) is 3.44. The minimum absolute atomic E-state index is 0.218. The lowest BCUT2D eigenvalue weighted by molar-refractivity contribution is 0.260. The molecular weight excluding hydrogens is 274 g/mol. The monoisotopic (exact) mass is 286 g/mol. The third-order valence-electron chi connectivity index (χ3n) is 3.45. The molecule has 0 saturated heterocycles. The number of ether oxygens (including phenoxy) is 1. The number of rotatable bonds is 2. The SMILES string of the molecule is N#Cc1ccc(N[C@H]2CCOc3c(F)cccc32)c(F)c1. The van der Waals surface area contributed by atoms with E-state index in [1.54, 1.807) is 12.1 Å². The molecule has 2 aromatic carbocycles. The number of benzene rings is 2. The van der Waals surface area contributed by atoms with Crippen LogP contribution in [0.4, 0.5) is 14.5 Å². The van der Waals surface area contributed by atoms with E-state index in [0.717, 1.165) is 0 Å². The maximum absolute atomic E-state index is 13.9. The van der Waals surface area contributed by atoms with E-state index in [0.29, 0.717) is 18.6 Å². The number of nitrogens with zero attached hydrogens (tertiary/aromatic N) is 1. The van der Waals surface area contributed by atoms with Crippen LogP contribution in [0.15, 0.2) is 36.4 Å². The van der Waals surface area contributed by atoms with E-state index in [9.17, 15) is 8.78 Å². The Balaban J connectivity index is 1.91. The number of nitrogens with one attached hydrogen (secondary N) is 1. The number of hydrogen-bond donors (Lipinski definition) is 1. The highest BCUT2D eigenvalue weighted by Gasteiger charge is 2.24. The van der Waals surface area contributed by atoms with Crippen molar-refractivity contribution in [2.75, 3.05) is 11.9 Å². The first-order valence-electron chi connectivity index (χ1n) is 6.56. The van der Waals surface area contributed by atoms with Crippen LogP contribution in [0.25, 0.3) is 0 Å². The molecule has 21 heavy (non-hydrogen) atoms. The average Bonchev–Trinajstić information content (AvgIpc) is 2.50. The van der Waals surface area contributed by atoms with Gasteiger partial charge in [-0.2, -0.15) is 5.26 Å². The van der Waals surface area contributed by atoms with Crippen LogP contribution in [0.5, 0.6) is 5.75 Å². The number of para-hydroxylation sites is 1. The third-order valence-corrected chi connectivity index (χ3v) is 3.45. The fraction of sp³-hybridized carbons (Fsp3) is 0.188. The van der Waals surface area contributed by atoms with Crippen molar-refractivity contribution in [2.24, 2.45) is 0 Å². The molecule has 0 radical (unpaired) electrons. The Hall–Kier alpha value is -2.61. The summed E-state index contributed by atoms with van der Waals surface area (Å²) >= 11 is 0. The fourth-order valence-corrected chi connectivity index (χ4v) is 2.43. The Morgan fingerprint density at radius 3 is 2.81 bits per heavy atom. The summed E-state index contributed by atoms with van der Waals surface area (Å²) < 4.78 is 33.0. The maximum Gasteiger partial charge on any atom is 0.165 e. The standard InChI is InChI=1S/C16H12F2N2O/c17-12-3-1-2-11-14(6-7-21-16(11)12)20-15-5-4-10(9-19)8-13(15)18/h1-5,8,14,20H,6-7H2/t14-/m0/s1. The van der Waals surface area contributed by atoms with Gasteiger partial charge in [0.05, 0.1) is 30.0 Å². The highest BCUT2D eigenvalue weighted by Crippen LogP contribution is 2.36. The molecule has 0 fully saturated rings. The lowest BCUT2D eigenvalue weighted by atomic mass is 10.00. The van der Waals surface area contributed by atoms with Crippen molar-refractivity contribution < 1.29 is 13.5 Å². The first-order chi connectivity index (χ1) is 10.2. The number of nitriles is 1. The van der Waals surface area contributed by atoms with Gasteiger partial charge in [-0.3, -0.25) is 0 Å². The van der Waals surface area contributed by atoms with Crippen molar-refractivity contribution in [1.82, 2.24) is 0 Å². The van der Waals surface area contributed by atoms with Gasteiger partial charge in [0.2, 0.25) is 0 Å². The topological polar surface area (TPSA) is 45.0 Å². The summed E-state index contributed by atoms with van der Waals surface area (Å²) in [4.78, 5) is 0. The summed E-state index contributed by atoms with van der Waals surface area (Å²) in [6, 6.07) is 10.6. The van der Waals surface area contributed by atoms with Gasteiger partial charge >= 0.3 is 0 Å². The Morgan fingerprint density at radius 2 is 2.05 bits per heavy atom. The second kappa shape index (κ2) is 5.41. The predicted molar refractivity (Wildman–Crippen MR) is 74.0 cm³/mol. The molecule has 0 aliphatic carbocycles. The van der Waals surface area contributed by atoms with Crippen molar-refractivity contribution in [1.29, 1.82) is 5.26 Å².